The van der Waals surface area contributed by atoms with Gasteiger partial charge in [0.25, 0.3) is 0 Å². The van der Waals surface area contributed by atoms with E-state index in [2.05, 4.69) is 53.7 Å². The number of rotatable bonds is 9. The number of hydrogen-bond acceptors (Lipinski definition) is 3. The van der Waals surface area contributed by atoms with Crippen LogP contribution in [0, 0.1) is 0 Å². The van der Waals surface area contributed by atoms with Gasteiger partial charge in [-0.2, -0.15) is 0 Å². The van der Waals surface area contributed by atoms with Gasteiger partial charge in [0.2, 0.25) is 6.10 Å². The molecule has 2 rings (SSSR count). The lowest BCUT2D eigenvalue weighted by Crippen LogP contribution is -2.19. The highest BCUT2D eigenvalue weighted by atomic mass is 16.6. The number of esters is 1. The van der Waals surface area contributed by atoms with Crippen molar-refractivity contribution >= 4 is 11.9 Å². The molecule has 1 atom stereocenters. The Balaban J connectivity index is 2.45. The van der Waals surface area contributed by atoms with Gasteiger partial charge in [-0.1, -0.05) is 77.9 Å². The van der Waals surface area contributed by atoms with E-state index in [1.54, 1.807) is 12.1 Å². The first-order chi connectivity index (χ1) is 14.5. The molecule has 0 spiro atoms. The molecule has 4 nitrogen and oxygen atoms in total. The van der Waals surface area contributed by atoms with Gasteiger partial charge in [-0.05, 0) is 58.4 Å². The maximum atomic E-state index is 11.7. The first-order valence-electron chi connectivity index (χ1n) is 11.2. The van der Waals surface area contributed by atoms with Crippen LogP contribution in [0.1, 0.15) is 106 Å². The molecule has 0 aromatic heterocycles. The summed E-state index contributed by atoms with van der Waals surface area (Å²) in [5.41, 5.74) is 7.00. The Bertz CT molecular complexity index is 925. The molecule has 0 radical (unpaired) electrons. The van der Waals surface area contributed by atoms with Crippen LogP contribution in [0.3, 0.4) is 0 Å². The fraction of sp³-hybridized carbons (Fsp3) is 0.481. The summed E-state index contributed by atoms with van der Waals surface area (Å²) in [6, 6.07) is 11.8. The van der Waals surface area contributed by atoms with E-state index in [4.69, 9.17) is 4.74 Å². The number of carboxylic acid groups (broad SMARTS) is 1. The van der Waals surface area contributed by atoms with E-state index in [1.165, 1.54) is 29.2 Å². The van der Waals surface area contributed by atoms with Gasteiger partial charge < -0.3 is 9.84 Å². The van der Waals surface area contributed by atoms with Crippen LogP contribution in [0.15, 0.2) is 36.4 Å². The minimum atomic E-state index is -1.28. The van der Waals surface area contributed by atoms with Crippen LogP contribution in [0.25, 0.3) is 0 Å². The number of carbonyl (C=O) groups is 2. The number of benzene rings is 2. The minimum Gasteiger partial charge on any atom is -0.478 e. The minimum absolute atomic E-state index is 0.397. The zero-order chi connectivity index (χ0) is 23.3. The highest BCUT2D eigenvalue weighted by Gasteiger charge is 2.26. The number of aliphatic carboxylic acids is 1. The van der Waals surface area contributed by atoms with Gasteiger partial charge in [0, 0.05) is 12.5 Å². The highest BCUT2D eigenvalue weighted by Crippen LogP contribution is 2.36. The van der Waals surface area contributed by atoms with Crippen molar-refractivity contribution in [3.8, 4) is 0 Å². The maximum Gasteiger partial charge on any atom is 0.349 e. The summed E-state index contributed by atoms with van der Waals surface area (Å²) in [7, 11) is 0. The molecule has 0 saturated heterocycles. The van der Waals surface area contributed by atoms with Gasteiger partial charge in [0.05, 0.1) is 0 Å². The second kappa shape index (κ2) is 10.6. The average Bonchev–Trinajstić information content (AvgIpc) is 2.69. The fourth-order valence-electron chi connectivity index (χ4n) is 4.45. The molecule has 1 unspecified atom stereocenters. The molecule has 168 valence electrons. The van der Waals surface area contributed by atoms with E-state index >= 15 is 0 Å². The Morgan fingerprint density at radius 3 is 1.87 bits per heavy atom. The van der Waals surface area contributed by atoms with Gasteiger partial charge in [-0.15, -0.1) is 0 Å². The largest absolute Gasteiger partial charge is 0.478 e. The van der Waals surface area contributed by atoms with Crippen LogP contribution in [0.2, 0.25) is 0 Å². The van der Waals surface area contributed by atoms with Crippen molar-refractivity contribution in [2.24, 2.45) is 0 Å². The average molecular weight is 425 g/mol. The molecule has 2 aromatic carbocycles. The molecule has 2 aromatic rings. The number of ether oxygens (including phenoxy) is 1. The van der Waals surface area contributed by atoms with Gasteiger partial charge in [-0.25, -0.2) is 4.79 Å². The SMILES string of the molecule is CC(=O)OC(C(=O)O)c1ccccc1CCc1ccc(C(C)C)c(C(C)C)c1C(C)C. The third-order valence-corrected chi connectivity index (χ3v) is 5.70. The summed E-state index contributed by atoms with van der Waals surface area (Å²) in [6.07, 6.45) is 0.196. The van der Waals surface area contributed by atoms with E-state index in [-0.39, 0.29) is 0 Å². The number of carbonyl (C=O) groups excluding carboxylic acids is 1. The summed E-state index contributed by atoms with van der Waals surface area (Å²) in [4.78, 5) is 23.2. The predicted octanol–water partition coefficient (Wildman–Crippen LogP) is 6.53. The second-order valence-electron chi connectivity index (χ2n) is 9.13. The third-order valence-electron chi connectivity index (χ3n) is 5.70. The van der Waals surface area contributed by atoms with E-state index in [0.29, 0.717) is 29.7 Å². The molecule has 4 heteroatoms. The Hall–Kier alpha value is -2.62. The summed E-state index contributed by atoms with van der Waals surface area (Å²) in [5.74, 6) is -0.467. The van der Waals surface area contributed by atoms with Gasteiger partial charge in [0.15, 0.2) is 0 Å². The van der Waals surface area contributed by atoms with Crippen molar-refractivity contribution < 1.29 is 19.4 Å². The van der Waals surface area contributed by atoms with E-state index in [9.17, 15) is 14.7 Å². The normalized spacial score (nSPS) is 12.5. The lowest BCUT2D eigenvalue weighted by molar-refractivity contribution is -0.163. The van der Waals surface area contributed by atoms with Crippen molar-refractivity contribution in [2.45, 2.75) is 85.2 Å². The standard InChI is InChI=1S/C27H36O4/c1-16(2)22-15-14-21(24(17(3)4)25(22)18(5)6)13-12-20-10-8-9-11-23(20)26(27(29)30)31-19(7)28/h8-11,14-18,26H,12-13H2,1-7H3,(H,29,30). The molecule has 0 heterocycles. The van der Waals surface area contributed by atoms with Crippen LogP contribution >= 0.6 is 0 Å². The van der Waals surface area contributed by atoms with Crippen molar-refractivity contribution in [2.75, 3.05) is 0 Å². The van der Waals surface area contributed by atoms with Crippen molar-refractivity contribution in [1.29, 1.82) is 0 Å². The lowest BCUT2D eigenvalue weighted by Gasteiger charge is -2.26. The Labute approximate surface area is 186 Å². The summed E-state index contributed by atoms with van der Waals surface area (Å²) >= 11 is 0. The second-order valence-corrected chi connectivity index (χ2v) is 9.13. The molecule has 0 fully saturated rings. The maximum absolute atomic E-state index is 11.7. The third kappa shape index (κ3) is 5.96. The fourth-order valence-corrected chi connectivity index (χ4v) is 4.45. The molecule has 0 bridgehead atoms. The Morgan fingerprint density at radius 1 is 0.774 bits per heavy atom. The highest BCUT2D eigenvalue weighted by molar-refractivity contribution is 5.79. The molecular weight excluding hydrogens is 388 g/mol. The molecule has 0 amide bonds. The zero-order valence-corrected chi connectivity index (χ0v) is 19.9. The van der Waals surface area contributed by atoms with E-state index in [0.717, 1.165) is 12.0 Å². The Kier molecular flexibility index (Phi) is 8.43. The Morgan fingerprint density at radius 2 is 1.35 bits per heavy atom. The van der Waals surface area contributed by atoms with Crippen LogP contribution < -0.4 is 0 Å². The van der Waals surface area contributed by atoms with Gasteiger partial charge in [0.1, 0.15) is 0 Å². The first-order valence-corrected chi connectivity index (χ1v) is 11.2. The zero-order valence-electron chi connectivity index (χ0n) is 19.9. The molecule has 0 saturated carbocycles. The van der Waals surface area contributed by atoms with Crippen molar-refractivity contribution in [1.82, 2.24) is 0 Å². The van der Waals surface area contributed by atoms with Crippen LogP contribution in [-0.4, -0.2) is 17.0 Å². The van der Waals surface area contributed by atoms with Gasteiger partial charge >= 0.3 is 11.9 Å². The van der Waals surface area contributed by atoms with E-state index < -0.39 is 18.0 Å². The number of hydrogen-bond donors (Lipinski definition) is 1. The monoisotopic (exact) mass is 424 g/mol. The first kappa shape index (κ1) is 24.6. The summed E-state index contributed by atoms with van der Waals surface area (Å²) in [5, 5.41) is 9.60. The van der Waals surface area contributed by atoms with Crippen molar-refractivity contribution in [3.05, 3.63) is 69.8 Å². The quantitative estimate of drug-likeness (QED) is 0.465. The predicted molar refractivity (Wildman–Crippen MR) is 125 cm³/mol. The summed E-state index contributed by atoms with van der Waals surface area (Å²) in [6.45, 7) is 14.7. The van der Waals surface area contributed by atoms with Gasteiger partial charge in [-0.3, -0.25) is 4.79 Å². The topological polar surface area (TPSA) is 63.6 Å². The van der Waals surface area contributed by atoms with Crippen LogP contribution in [-0.2, 0) is 27.2 Å². The van der Waals surface area contributed by atoms with Crippen LogP contribution in [0.4, 0.5) is 0 Å². The smallest absolute Gasteiger partial charge is 0.349 e. The van der Waals surface area contributed by atoms with E-state index in [1.807, 2.05) is 12.1 Å². The number of aryl methyl sites for hydroxylation is 2. The van der Waals surface area contributed by atoms with Crippen molar-refractivity contribution in [3.63, 3.8) is 0 Å². The molecule has 0 aliphatic heterocycles. The lowest BCUT2D eigenvalue weighted by atomic mass is 9.79. The number of carboxylic acids is 1. The molecule has 0 aliphatic rings. The molecule has 1 N–H and O–H groups in total. The van der Waals surface area contributed by atoms with Crippen LogP contribution in [0.5, 0.6) is 0 Å². The molecular formula is C27H36O4. The molecule has 31 heavy (non-hydrogen) atoms. The summed E-state index contributed by atoms with van der Waals surface area (Å²) < 4.78 is 5.11. The molecule has 0 aliphatic carbocycles.